The number of amides is 3. The molecule has 67 heavy (non-hydrogen) atoms. The lowest BCUT2D eigenvalue weighted by Gasteiger charge is -2.27. The molecule has 3 aromatic rings. The lowest BCUT2D eigenvalue weighted by molar-refractivity contribution is -0.143. The van der Waals surface area contributed by atoms with Crippen molar-refractivity contribution in [1.29, 1.82) is 0 Å². The molecule has 3 rings (SSSR count). The second-order valence-electron chi connectivity index (χ2n) is 19.1. The van der Waals surface area contributed by atoms with E-state index in [-0.39, 0.29) is 37.3 Å². The van der Waals surface area contributed by atoms with Gasteiger partial charge in [0, 0.05) is 30.2 Å². The molecule has 0 spiro atoms. The van der Waals surface area contributed by atoms with E-state index in [1.54, 1.807) is 45.0 Å². The zero-order chi connectivity index (χ0) is 49.2. The van der Waals surface area contributed by atoms with E-state index < -0.39 is 46.9 Å². The normalized spacial score (nSPS) is 12.7. The number of imidazole rings is 1. The number of nitrogens with zero attached hydrogens (tertiary/aromatic N) is 3. The number of aromatic nitrogens is 4. The summed E-state index contributed by atoms with van der Waals surface area (Å²) < 4.78 is 18.3. The summed E-state index contributed by atoms with van der Waals surface area (Å²) in [7, 11) is 0. The number of nitrogen functional groups attached to an aromatic ring is 1. The number of fused-ring (bicyclic) bond motifs is 1. The molecule has 0 saturated carbocycles. The number of hydrogen-bond acceptors (Lipinski definition) is 13. The second-order valence-corrected chi connectivity index (χ2v) is 20.2. The van der Waals surface area contributed by atoms with Crippen molar-refractivity contribution in [3.05, 3.63) is 40.3 Å². The maximum atomic E-state index is 13.9. The van der Waals surface area contributed by atoms with Gasteiger partial charge in [0.1, 0.15) is 29.8 Å². The standard InChI is InChI=1S/C49H81N9O8S/c1-9-11-13-14-15-16-17-18-19-20-21-22-23-24-39(59)64-30-31-67-34-38(54-47(63)66-49(6,7)8)44(61)53-37(33-65-48(3,4)5)43(60)52-36-27-25-35(26-28-36)32-58-42-40(55-46(58)62)41(50)56-45(57-42)51-29-12-10-2/h25-28,37-38H,9-24,29-34H2,1-8H3,(H,52,60)(H,53,61)(H,54,63)(H,55,62)(H3,50,51,56,57)/t37-,38-/m0/s1. The smallest absolute Gasteiger partial charge is 0.408 e. The SMILES string of the molecule is CCCCCCCCCCCCCCCC(=O)OCCSC[C@H](NC(=O)OC(C)(C)C)C(=O)N[C@@H](COC(C)(C)C)C(=O)Nc1ccc(Cn2c(=O)[nH]c3c(N)nc(NCCCC)nc32)cc1. The minimum absolute atomic E-state index is 0.117. The molecule has 0 aliphatic rings. The van der Waals surface area contributed by atoms with Crippen LogP contribution in [0.15, 0.2) is 29.1 Å². The number of carbonyl (C=O) groups is 4. The van der Waals surface area contributed by atoms with Crippen LogP contribution >= 0.6 is 11.8 Å². The lowest BCUT2D eigenvalue weighted by Crippen LogP contribution is -2.55. The summed E-state index contributed by atoms with van der Waals surface area (Å²) in [4.78, 5) is 77.5. The van der Waals surface area contributed by atoms with Crippen LogP contribution in [0.1, 0.15) is 164 Å². The summed E-state index contributed by atoms with van der Waals surface area (Å²) >= 11 is 1.32. The molecule has 0 unspecified atom stereocenters. The van der Waals surface area contributed by atoms with Gasteiger partial charge in [0.15, 0.2) is 11.5 Å². The van der Waals surface area contributed by atoms with Gasteiger partial charge in [0.25, 0.3) is 0 Å². The summed E-state index contributed by atoms with van der Waals surface area (Å²) in [5.41, 5.74) is 6.20. The van der Waals surface area contributed by atoms with Crippen LogP contribution in [-0.2, 0) is 35.1 Å². The molecule has 0 saturated heterocycles. The Bertz CT molecular complexity index is 2010. The fourth-order valence-corrected chi connectivity index (χ4v) is 7.79. The molecule has 0 aliphatic heterocycles. The largest absolute Gasteiger partial charge is 0.465 e. The summed E-state index contributed by atoms with van der Waals surface area (Å²) in [5.74, 6) is -0.413. The van der Waals surface area contributed by atoms with Gasteiger partial charge < -0.3 is 46.2 Å². The minimum atomic E-state index is -1.15. The number of alkyl carbamates (subject to hydrolysis) is 1. The van der Waals surface area contributed by atoms with Crippen LogP contribution < -0.4 is 32.7 Å². The fourth-order valence-electron chi connectivity index (χ4n) is 6.96. The number of esters is 1. The number of unbranched alkanes of at least 4 members (excludes halogenated alkanes) is 13. The Morgan fingerprint density at radius 3 is 1.99 bits per heavy atom. The van der Waals surface area contributed by atoms with E-state index in [9.17, 15) is 24.0 Å². The minimum Gasteiger partial charge on any atom is -0.465 e. The van der Waals surface area contributed by atoms with Crippen LogP contribution in [0.2, 0.25) is 0 Å². The number of benzene rings is 1. The Labute approximate surface area is 402 Å². The Hall–Kier alpha value is -4.84. The number of thioether (sulfide) groups is 1. The average Bonchev–Trinajstić information content (AvgIpc) is 3.57. The maximum Gasteiger partial charge on any atom is 0.408 e. The number of aromatic amines is 1. The second kappa shape index (κ2) is 29.8. The molecule has 2 atom stereocenters. The third-order valence-corrected chi connectivity index (χ3v) is 11.6. The molecule has 1 aromatic carbocycles. The predicted molar refractivity (Wildman–Crippen MR) is 270 cm³/mol. The van der Waals surface area contributed by atoms with Crippen molar-refractivity contribution in [2.75, 3.05) is 47.6 Å². The molecular formula is C49H81N9O8S. The molecule has 0 aliphatic carbocycles. The van der Waals surface area contributed by atoms with Crippen LogP contribution in [0.5, 0.6) is 0 Å². The van der Waals surface area contributed by atoms with Crippen molar-refractivity contribution >= 4 is 64.3 Å². The molecule has 376 valence electrons. The summed E-state index contributed by atoms with van der Waals surface area (Å²) in [5, 5.41) is 11.4. The number of carbonyl (C=O) groups excluding carboxylic acids is 4. The number of anilines is 3. The van der Waals surface area contributed by atoms with Crippen molar-refractivity contribution in [2.24, 2.45) is 0 Å². The van der Waals surface area contributed by atoms with Gasteiger partial charge in [0.2, 0.25) is 17.8 Å². The van der Waals surface area contributed by atoms with Gasteiger partial charge in [-0.15, -0.1) is 0 Å². The first-order valence-electron chi connectivity index (χ1n) is 24.5. The van der Waals surface area contributed by atoms with Crippen LogP contribution in [0.4, 0.5) is 22.2 Å². The van der Waals surface area contributed by atoms with Crippen molar-refractivity contribution < 1.29 is 33.4 Å². The molecule has 3 amide bonds. The van der Waals surface area contributed by atoms with Gasteiger partial charge in [-0.25, -0.2) is 9.59 Å². The molecule has 17 nitrogen and oxygen atoms in total. The van der Waals surface area contributed by atoms with E-state index in [0.717, 1.165) is 37.7 Å². The quantitative estimate of drug-likeness (QED) is 0.0254. The number of rotatable bonds is 32. The topological polar surface area (TPSA) is 234 Å². The number of ether oxygens (including phenoxy) is 3. The van der Waals surface area contributed by atoms with Crippen LogP contribution in [0.3, 0.4) is 0 Å². The van der Waals surface area contributed by atoms with Crippen molar-refractivity contribution in [3.63, 3.8) is 0 Å². The predicted octanol–water partition coefficient (Wildman–Crippen LogP) is 8.85. The highest BCUT2D eigenvalue weighted by molar-refractivity contribution is 7.99. The highest BCUT2D eigenvalue weighted by Gasteiger charge is 2.30. The lowest BCUT2D eigenvalue weighted by atomic mass is 10.0. The Morgan fingerprint density at radius 1 is 0.776 bits per heavy atom. The van der Waals surface area contributed by atoms with Gasteiger partial charge in [-0.1, -0.05) is 109 Å². The van der Waals surface area contributed by atoms with Gasteiger partial charge in [-0.2, -0.15) is 21.7 Å². The maximum absolute atomic E-state index is 13.9. The van der Waals surface area contributed by atoms with E-state index in [2.05, 4.69) is 50.1 Å². The van der Waals surface area contributed by atoms with Gasteiger partial charge in [0.05, 0.1) is 18.8 Å². The first kappa shape index (κ1) is 56.5. The highest BCUT2D eigenvalue weighted by atomic mass is 32.2. The Morgan fingerprint density at radius 2 is 1.39 bits per heavy atom. The van der Waals surface area contributed by atoms with E-state index >= 15 is 0 Å². The van der Waals surface area contributed by atoms with E-state index in [1.807, 2.05) is 20.8 Å². The zero-order valence-corrected chi connectivity index (χ0v) is 42.4. The summed E-state index contributed by atoms with van der Waals surface area (Å²) in [6.07, 6.45) is 17.5. The monoisotopic (exact) mass is 956 g/mol. The summed E-state index contributed by atoms with van der Waals surface area (Å²) in [6, 6.07) is 4.66. The Kier molecular flexibility index (Phi) is 25.1. The third-order valence-electron chi connectivity index (χ3n) is 10.6. The molecular weight excluding hydrogens is 875 g/mol. The first-order valence-corrected chi connectivity index (χ1v) is 25.6. The van der Waals surface area contributed by atoms with E-state index in [1.165, 1.54) is 80.5 Å². The molecule has 0 radical (unpaired) electrons. The van der Waals surface area contributed by atoms with Gasteiger partial charge >= 0.3 is 17.8 Å². The zero-order valence-electron chi connectivity index (χ0n) is 41.6. The average molecular weight is 956 g/mol. The van der Waals surface area contributed by atoms with E-state index in [0.29, 0.717) is 41.5 Å². The van der Waals surface area contributed by atoms with Crippen molar-refractivity contribution in [1.82, 2.24) is 30.2 Å². The van der Waals surface area contributed by atoms with Crippen LogP contribution in [0.25, 0.3) is 11.2 Å². The summed E-state index contributed by atoms with van der Waals surface area (Å²) in [6.45, 7) is 15.8. The first-order chi connectivity index (χ1) is 31.9. The molecule has 7 N–H and O–H groups in total. The molecule has 2 heterocycles. The highest BCUT2D eigenvalue weighted by Crippen LogP contribution is 2.20. The van der Waals surface area contributed by atoms with Gasteiger partial charge in [-0.3, -0.25) is 19.0 Å². The fraction of sp³-hybridized carbons (Fsp3) is 0.694. The third kappa shape index (κ3) is 23.1. The Balaban J connectivity index is 1.55. The van der Waals surface area contributed by atoms with Crippen molar-refractivity contribution in [2.45, 2.75) is 188 Å². The van der Waals surface area contributed by atoms with Crippen molar-refractivity contribution in [3.8, 4) is 0 Å². The number of hydrogen-bond donors (Lipinski definition) is 6. The molecule has 2 aromatic heterocycles. The molecule has 18 heteroatoms. The van der Waals surface area contributed by atoms with E-state index in [4.69, 9.17) is 19.9 Å². The van der Waals surface area contributed by atoms with Crippen LogP contribution in [-0.4, -0.2) is 97.9 Å². The van der Waals surface area contributed by atoms with Gasteiger partial charge in [-0.05, 0) is 72.1 Å². The number of nitrogens with one attached hydrogen (secondary N) is 5. The molecule has 0 fully saturated rings. The number of nitrogens with two attached hydrogens (primary N) is 1. The van der Waals surface area contributed by atoms with Crippen LogP contribution in [0, 0.1) is 0 Å². The molecule has 0 bridgehead atoms. The number of H-pyrrole nitrogens is 1.